The average Bonchev–Trinajstić information content (AvgIpc) is 2.32. The van der Waals surface area contributed by atoms with E-state index in [1.54, 1.807) is 24.7 Å². The van der Waals surface area contributed by atoms with Gasteiger partial charge in [-0.2, -0.15) is 5.10 Å². The summed E-state index contributed by atoms with van der Waals surface area (Å²) in [5.74, 6) is 0.490. The summed E-state index contributed by atoms with van der Waals surface area (Å²) in [4.78, 5) is 7.95. The molecule has 0 bridgehead atoms. The Labute approximate surface area is 87.7 Å². The van der Waals surface area contributed by atoms with Gasteiger partial charge in [0.2, 0.25) is 5.95 Å². The van der Waals surface area contributed by atoms with Gasteiger partial charge in [0.1, 0.15) is 0 Å². The average molecular weight is 198 g/mol. The number of nitrogens with zero attached hydrogens (tertiary/aromatic N) is 3. The van der Waals surface area contributed by atoms with Gasteiger partial charge in [-0.05, 0) is 11.6 Å². The number of benzene rings is 1. The second kappa shape index (κ2) is 4.85. The summed E-state index contributed by atoms with van der Waals surface area (Å²) < 4.78 is 0. The molecule has 1 heterocycles. The normalized spacial score (nSPS) is 10.4. The summed E-state index contributed by atoms with van der Waals surface area (Å²) >= 11 is 0. The fourth-order valence-corrected chi connectivity index (χ4v) is 1.06. The Morgan fingerprint density at radius 3 is 2.47 bits per heavy atom. The van der Waals surface area contributed by atoms with Gasteiger partial charge in [0, 0.05) is 12.4 Å². The molecule has 0 unspecified atom stereocenters. The van der Waals surface area contributed by atoms with E-state index in [4.69, 9.17) is 0 Å². The highest BCUT2D eigenvalue weighted by molar-refractivity contribution is 5.79. The Morgan fingerprint density at radius 2 is 1.73 bits per heavy atom. The van der Waals surface area contributed by atoms with E-state index >= 15 is 0 Å². The molecule has 2 aromatic rings. The van der Waals surface area contributed by atoms with Crippen LogP contribution >= 0.6 is 0 Å². The molecule has 0 amide bonds. The number of hydrazone groups is 1. The van der Waals surface area contributed by atoms with E-state index in [0.717, 1.165) is 5.56 Å². The predicted molar refractivity (Wildman–Crippen MR) is 59.7 cm³/mol. The maximum absolute atomic E-state index is 4.01. The number of aromatic nitrogens is 2. The second-order valence-electron chi connectivity index (χ2n) is 2.85. The molecule has 2 rings (SSSR count). The third-order valence-corrected chi connectivity index (χ3v) is 1.74. The minimum atomic E-state index is 0.490. The molecule has 0 saturated carbocycles. The van der Waals surface area contributed by atoms with Crippen molar-refractivity contribution >= 4 is 12.2 Å². The van der Waals surface area contributed by atoms with Crippen LogP contribution in [0.4, 0.5) is 5.95 Å². The lowest BCUT2D eigenvalue weighted by atomic mass is 10.2. The maximum Gasteiger partial charge on any atom is 0.243 e. The Balaban J connectivity index is 1.97. The number of hydrogen-bond donors (Lipinski definition) is 1. The third kappa shape index (κ3) is 2.87. The fraction of sp³-hybridized carbons (Fsp3) is 0. The molecular formula is C11H10N4. The third-order valence-electron chi connectivity index (χ3n) is 1.74. The van der Waals surface area contributed by atoms with Crippen LogP contribution in [0.3, 0.4) is 0 Å². The van der Waals surface area contributed by atoms with Crippen LogP contribution in [0.15, 0.2) is 53.9 Å². The second-order valence-corrected chi connectivity index (χ2v) is 2.85. The maximum atomic E-state index is 4.01. The first-order valence-electron chi connectivity index (χ1n) is 4.56. The lowest BCUT2D eigenvalue weighted by Crippen LogP contribution is -1.95. The summed E-state index contributed by atoms with van der Waals surface area (Å²) in [6, 6.07) is 11.6. The first kappa shape index (κ1) is 9.33. The monoisotopic (exact) mass is 198 g/mol. The Morgan fingerprint density at radius 1 is 1.00 bits per heavy atom. The first-order valence-corrected chi connectivity index (χ1v) is 4.56. The van der Waals surface area contributed by atoms with Crippen molar-refractivity contribution in [2.45, 2.75) is 0 Å². The standard InChI is InChI=1S/C11H10N4/c1-2-5-10(6-3-1)9-14-15-11-12-7-4-8-13-11/h1-9H,(H,12,13,15)/b14-9+. The van der Waals surface area contributed by atoms with Crippen LogP contribution in [0.5, 0.6) is 0 Å². The molecular weight excluding hydrogens is 188 g/mol. The van der Waals surface area contributed by atoms with Gasteiger partial charge < -0.3 is 0 Å². The van der Waals surface area contributed by atoms with E-state index in [2.05, 4.69) is 20.5 Å². The van der Waals surface area contributed by atoms with Gasteiger partial charge in [-0.1, -0.05) is 30.3 Å². The number of nitrogens with one attached hydrogen (secondary N) is 1. The summed E-state index contributed by atoms with van der Waals surface area (Å²) in [7, 11) is 0. The van der Waals surface area contributed by atoms with Gasteiger partial charge >= 0.3 is 0 Å². The van der Waals surface area contributed by atoms with Gasteiger partial charge in [0.25, 0.3) is 0 Å². The minimum absolute atomic E-state index is 0.490. The molecule has 0 saturated heterocycles. The van der Waals surface area contributed by atoms with E-state index in [0.29, 0.717) is 5.95 Å². The molecule has 1 aromatic carbocycles. The molecule has 4 nitrogen and oxygen atoms in total. The number of rotatable bonds is 3. The molecule has 0 aliphatic carbocycles. The number of hydrogen-bond acceptors (Lipinski definition) is 4. The zero-order chi connectivity index (χ0) is 10.3. The van der Waals surface area contributed by atoms with Crippen molar-refractivity contribution in [3.05, 3.63) is 54.4 Å². The largest absolute Gasteiger partial charge is 0.245 e. The van der Waals surface area contributed by atoms with Crippen LogP contribution in [0.2, 0.25) is 0 Å². The van der Waals surface area contributed by atoms with Crippen molar-refractivity contribution in [1.82, 2.24) is 9.97 Å². The van der Waals surface area contributed by atoms with Crippen LogP contribution < -0.4 is 5.43 Å². The van der Waals surface area contributed by atoms with Crippen molar-refractivity contribution in [1.29, 1.82) is 0 Å². The smallest absolute Gasteiger partial charge is 0.243 e. The molecule has 15 heavy (non-hydrogen) atoms. The topological polar surface area (TPSA) is 50.2 Å². The van der Waals surface area contributed by atoms with Crippen LogP contribution in [-0.2, 0) is 0 Å². The van der Waals surface area contributed by atoms with Gasteiger partial charge in [-0.15, -0.1) is 0 Å². The Kier molecular flexibility index (Phi) is 3.02. The van der Waals surface area contributed by atoms with Gasteiger partial charge in [-0.25, -0.2) is 15.4 Å². The van der Waals surface area contributed by atoms with Crippen molar-refractivity contribution in [2.24, 2.45) is 5.10 Å². The SMILES string of the molecule is C(=N\Nc1ncccn1)/c1ccccc1. The summed E-state index contributed by atoms with van der Waals surface area (Å²) in [6.07, 6.45) is 5.04. The van der Waals surface area contributed by atoms with Crippen molar-refractivity contribution in [3.8, 4) is 0 Å². The molecule has 0 fully saturated rings. The van der Waals surface area contributed by atoms with Crippen molar-refractivity contribution < 1.29 is 0 Å². The fourth-order valence-electron chi connectivity index (χ4n) is 1.06. The predicted octanol–water partition coefficient (Wildman–Crippen LogP) is 1.92. The van der Waals surface area contributed by atoms with Gasteiger partial charge in [-0.3, -0.25) is 0 Å². The highest BCUT2D eigenvalue weighted by Gasteiger charge is 1.88. The molecule has 74 valence electrons. The van der Waals surface area contributed by atoms with E-state index in [1.807, 2.05) is 30.3 Å². The van der Waals surface area contributed by atoms with E-state index in [1.165, 1.54) is 0 Å². The highest BCUT2D eigenvalue weighted by Crippen LogP contribution is 1.96. The van der Waals surface area contributed by atoms with Crippen molar-refractivity contribution in [3.63, 3.8) is 0 Å². The molecule has 0 aliphatic rings. The summed E-state index contributed by atoms with van der Waals surface area (Å²) in [5.41, 5.74) is 3.77. The molecule has 0 spiro atoms. The lowest BCUT2D eigenvalue weighted by Gasteiger charge is -1.95. The Hall–Kier alpha value is -2.23. The summed E-state index contributed by atoms with van der Waals surface area (Å²) in [6.45, 7) is 0. The zero-order valence-corrected chi connectivity index (χ0v) is 8.04. The highest BCUT2D eigenvalue weighted by atomic mass is 15.3. The van der Waals surface area contributed by atoms with E-state index < -0.39 is 0 Å². The minimum Gasteiger partial charge on any atom is -0.245 e. The quantitative estimate of drug-likeness (QED) is 0.605. The summed E-state index contributed by atoms with van der Waals surface area (Å²) in [5, 5.41) is 4.01. The van der Waals surface area contributed by atoms with Crippen LogP contribution in [0.25, 0.3) is 0 Å². The first-order chi connectivity index (χ1) is 7.45. The molecule has 0 radical (unpaired) electrons. The molecule has 1 N–H and O–H groups in total. The van der Waals surface area contributed by atoms with Crippen LogP contribution in [-0.4, -0.2) is 16.2 Å². The molecule has 0 atom stereocenters. The molecule has 1 aromatic heterocycles. The van der Waals surface area contributed by atoms with E-state index in [9.17, 15) is 0 Å². The van der Waals surface area contributed by atoms with Crippen LogP contribution in [0, 0.1) is 0 Å². The van der Waals surface area contributed by atoms with Gasteiger partial charge in [0.05, 0.1) is 6.21 Å². The zero-order valence-electron chi connectivity index (χ0n) is 8.04. The number of anilines is 1. The molecule has 0 aliphatic heterocycles. The van der Waals surface area contributed by atoms with Crippen molar-refractivity contribution in [2.75, 3.05) is 5.43 Å². The van der Waals surface area contributed by atoms with Crippen LogP contribution in [0.1, 0.15) is 5.56 Å². The Bertz CT molecular complexity index is 425. The van der Waals surface area contributed by atoms with Gasteiger partial charge in [0.15, 0.2) is 0 Å². The lowest BCUT2D eigenvalue weighted by molar-refractivity contribution is 1.12. The van der Waals surface area contributed by atoms with E-state index in [-0.39, 0.29) is 0 Å². The molecule has 4 heteroatoms.